The predicted molar refractivity (Wildman–Crippen MR) is 94.8 cm³/mol. The average molecular weight is 326 g/mol. The lowest BCUT2D eigenvalue weighted by Crippen LogP contribution is -2.50. The van der Waals surface area contributed by atoms with E-state index in [9.17, 15) is 4.79 Å². The molecule has 0 bridgehead atoms. The Morgan fingerprint density at radius 3 is 2.62 bits per heavy atom. The highest BCUT2D eigenvalue weighted by molar-refractivity contribution is 5.91. The number of carbonyl (C=O) groups excluding carboxylic acids is 1. The van der Waals surface area contributed by atoms with Crippen LogP contribution >= 0.6 is 0 Å². The Morgan fingerprint density at radius 2 is 2.00 bits per heavy atom. The first-order chi connectivity index (χ1) is 11.5. The van der Waals surface area contributed by atoms with Gasteiger partial charge in [-0.1, -0.05) is 37.3 Å². The van der Waals surface area contributed by atoms with Gasteiger partial charge >= 0.3 is 0 Å². The van der Waals surface area contributed by atoms with Crippen molar-refractivity contribution in [2.75, 3.05) is 20.1 Å². The summed E-state index contributed by atoms with van der Waals surface area (Å²) >= 11 is 0. The fraction of sp³-hybridized carbons (Fsp3) is 0.450. The SMILES string of the molecule is Cc1ccc(C(=O)N(C)[C@H]2CCN(Cc3ccccc3)C[C@H]2C)o1. The molecule has 1 saturated heterocycles. The molecule has 1 aliphatic heterocycles. The van der Waals surface area contributed by atoms with Crippen molar-refractivity contribution < 1.29 is 9.21 Å². The van der Waals surface area contributed by atoms with E-state index in [1.54, 1.807) is 6.07 Å². The van der Waals surface area contributed by atoms with Crippen molar-refractivity contribution in [3.8, 4) is 0 Å². The Labute approximate surface area is 144 Å². The molecule has 1 aromatic carbocycles. The number of amides is 1. The minimum atomic E-state index is -0.0172. The molecule has 0 aliphatic carbocycles. The van der Waals surface area contributed by atoms with Crippen LogP contribution in [0.15, 0.2) is 46.9 Å². The number of hydrogen-bond donors (Lipinski definition) is 0. The van der Waals surface area contributed by atoms with Gasteiger partial charge in [0.1, 0.15) is 5.76 Å². The number of rotatable bonds is 4. The highest BCUT2D eigenvalue weighted by atomic mass is 16.3. The first-order valence-electron chi connectivity index (χ1n) is 8.64. The maximum atomic E-state index is 12.6. The number of piperidine rings is 1. The van der Waals surface area contributed by atoms with E-state index in [1.165, 1.54) is 5.56 Å². The summed E-state index contributed by atoms with van der Waals surface area (Å²) in [7, 11) is 1.90. The van der Waals surface area contributed by atoms with Crippen molar-refractivity contribution in [2.45, 2.75) is 32.9 Å². The quantitative estimate of drug-likeness (QED) is 0.862. The lowest BCUT2D eigenvalue weighted by Gasteiger charge is -2.41. The van der Waals surface area contributed by atoms with Crippen LogP contribution in [0.25, 0.3) is 0 Å². The number of carbonyl (C=O) groups is 1. The number of likely N-dealkylation sites (tertiary alicyclic amines) is 1. The fourth-order valence-electron chi connectivity index (χ4n) is 3.65. The number of benzene rings is 1. The van der Waals surface area contributed by atoms with Gasteiger partial charge in [0, 0.05) is 32.7 Å². The minimum absolute atomic E-state index is 0.0172. The summed E-state index contributed by atoms with van der Waals surface area (Å²) < 4.78 is 5.49. The van der Waals surface area contributed by atoms with E-state index in [0.717, 1.165) is 31.8 Å². The van der Waals surface area contributed by atoms with E-state index >= 15 is 0 Å². The highest BCUT2D eigenvalue weighted by Gasteiger charge is 2.32. The zero-order valence-corrected chi connectivity index (χ0v) is 14.7. The molecule has 128 valence electrons. The molecule has 1 fully saturated rings. The van der Waals surface area contributed by atoms with Crippen LogP contribution in [0.5, 0.6) is 0 Å². The topological polar surface area (TPSA) is 36.7 Å². The second-order valence-corrected chi connectivity index (χ2v) is 6.88. The van der Waals surface area contributed by atoms with Crippen molar-refractivity contribution in [3.05, 3.63) is 59.5 Å². The third-order valence-corrected chi connectivity index (χ3v) is 4.96. The molecular weight excluding hydrogens is 300 g/mol. The maximum Gasteiger partial charge on any atom is 0.289 e. The lowest BCUT2D eigenvalue weighted by atomic mass is 9.92. The van der Waals surface area contributed by atoms with Crippen molar-refractivity contribution in [3.63, 3.8) is 0 Å². The van der Waals surface area contributed by atoms with Crippen LogP contribution in [0.2, 0.25) is 0 Å². The maximum absolute atomic E-state index is 12.6. The monoisotopic (exact) mass is 326 g/mol. The predicted octanol–water partition coefficient (Wildman–Crippen LogP) is 3.57. The van der Waals surface area contributed by atoms with Gasteiger partial charge in [0.2, 0.25) is 0 Å². The van der Waals surface area contributed by atoms with Crippen LogP contribution in [-0.4, -0.2) is 41.9 Å². The Hall–Kier alpha value is -2.07. The van der Waals surface area contributed by atoms with Crippen LogP contribution in [-0.2, 0) is 6.54 Å². The van der Waals surface area contributed by atoms with Gasteiger partial charge in [0.25, 0.3) is 5.91 Å². The Balaban J connectivity index is 1.60. The molecule has 0 N–H and O–H groups in total. The number of furan rings is 1. The summed E-state index contributed by atoms with van der Waals surface area (Å²) in [5, 5.41) is 0. The summed E-state index contributed by atoms with van der Waals surface area (Å²) in [5.41, 5.74) is 1.35. The van der Waals surface area contributed by atoms with Crippen LogP contribution in [0.3, 0.4) is 0 Å². The second-order valence-electron chi connectivity index (χ2n) is 6.88. The Morgan fingerprint density at radius 1 is 1.25 bits per heavy atom. The zero-order chi connectivity index (χ0) is 17.1. The molecule has 3 rings (SSSR count). The third-order valence-electron chi connectivity index (χ3n) is 4.96. The first kappa shape index (κ1) is 16.8. The highest BCUT2D eigenvalue weighted by Crippen LogP contribution is 2.24. The van der Waals surface area contributed by atoms with Gasteiger partial charge in [-0.05, 0) is 37.0 Å². The minimum Gasteiger partial charge on any atom is -0.456 e. The molecule has 0 spiro atoms. The van der Waals surface area contributed by atoms with Crippen LogP contribution in [0.4, 0.5) is 0 Å². The molecule has 4 nitrogen and oxygen atoms in total. The smallest absolute Gasteiger partial charge is 0.289 e. The Bertz CT molecular complexity index is 680. The molecule has 1 aliphatic rings. The van der Waals surface area contributed by atoms with Crippen molar-refractivity contribution in [1.82, 2.24) is 9.80 Å². The second kappa shape index (κ2) is 7.22. The summed E-state index contributed by atoms with van der Waals surface area (Å²) in [6.45, 7) is 7.10. The summed E-state index contributed by atoms with van der Waals surface area (Å²) in [6, 6.07) is 14.4. The normalized spacial score (nSPS) is 21.6. The van der Waals surface area contributed by atoms with Gasteiger partial charge in [-0.2, -0.15) is 0 Å². The number of aryl methyl sites for hydroxylation is 1. The van der Waals surface area contributed by atoms with Gasteiger partial charge in [0.15, 0.2) is 5.76 Å². The molecule has 4 heteroatoms. The average Bonchev–Trinajstić information content (AvgIpc) is 3.01. The van der Waals surface area contributed by atoms with Gasteiger partial charge in [0.05, 0.1) is 0 Å². The molecule has 2 heterocycles. The molecular formula is C20H26N2O2. The van der Waals surface area contributed by atoms with Gasteiger partial charge in [-0.3, -0.25) is 9.69 Å². The largest absolute Gasteiger partial charge is 0.456 e. The molecule has 1 amide bonds. The molecule has 0 saturated carbocycles. The van der Waals surface area contributed by atoms with Gasteiger partial charge in [-0.25, -0.2) is 0 Å². The van der Waals surface area contributed by atoms with Gasteiger partial charge < -0.3 is 9.32 Å². The molecule has 2 aromatic rings. The number of hydrogen-bond acceptors (Lipinski definition) is 3. The standard InChI is InChI=1S/C20H26N2O2/c1-15-13-22(14-17-7-5-4-6-8-17)12-11-18(15)21(3)20(23)19-10-9-16(2)24-19/h4-10,15,18H,11-14H2,1-3H3/t15-,18+/m1/s1. The molecule has 0 radical (unpaired) electrons. The van der Waals surface area contributed by atoms with Crippen LogP contribution in [0, 0.1) is 12.8 Å². The van der Waals surface area contributed by atoms with Crippen LogP contribution < -0.4 is 0 Å². The van der Waals surface area contributed by atoms with Crippen LogP contribution in [0.1, 0.15) is 35.2 Å². The fourth-order valence-corrected chi connectivity index (χ4v) is 3.65. The molecule has 2 atom stereocenters. The Kier molecular flexibility index (Phi) is 5.05. The van der Waals surface area contributed by atoms with E-state index in [1.807, 2.05) is 24.9 Å². The van der Waals surface area contributed by atoms with Crippen molar-refractivity contribution in [1.29, 1.82) is 0 Å². The third kappa shape index (κ3) is 3.70. The molecule has 1 aromatic heterocycles. The lowest BCUT2D eigenvalue weighted by molar-refractivity contribution is 0.0471. The van der Waals surface area contributed by atoms with Crippen molar-refractivity contribution in [2.24, 2.45) is 5.92 Å². The van der Waals surface area contributed by atoms with E-state index in [-0.39, 0.29) is 11.9 Å². The summed E-state index contributed by atoms with van der Waals surface area (Å²) in [6.07, 6.45) is 0.996. The number of nitrogens with zero attached hydrogens (tertiary/aromatic N) is 2. The summed E-state index contributed by atoms with van der Waals surface area (Å²) in [5.74, 6) is 1.63. The molecule has 24 heavy (non-hydrogen) atoms. The van der Waals surface area contributed by atoms with E-state index < -0.39 is 0 Å². The summed E-state index contributed by atoms with van der Waals surface area (Å²) in [4.78, 5) is 16.9. The zero-order valence-electron chi connectivity index (χ0n) is 14.7. The van der Waals surface area contributed by atoms with Crippen molar-refractivity contribution >= 4 is 5.91 Å². The van der Waals surface area contributed by atoms with Gasteiger partial charge in [-0.15, -0.1) is 0 Å². The molecule has 0 unspecified atom stereocenters. The van der Waals surface area contributed by atoms with E-state index in [2.05, 4.69) is 42.2 Å². The van der Waals surface area contributed by atoms with E-state index in [0.29, 0.717) is 11.7 Å². The first-order valence-corrected chi connectivity index (χ1v) is 8.64. The van der Waals surface area contributed by atoms with E-state index in [4.69, 9.17) is 4.42 Å².